The van der Waals surface area contributed by atoms with Crippen LogP contribution in [0.5, 0.6) is 11.5 Å². The highest BCUT2D eigenvalue weighted by Crippen LogP contribution is 2.31. The van der Waals surface area contributed by atoms with E-state index in [0.717, 1.165) is 16.9 Å². The van der Waals surface area contributed by atoms with Crippen LogP contribution in [0, 0.1) is 13.8 Å². The van der Waals surface area contributed by atoms with Gasteiger partial charge >= 0.3 is 0 Å². The number of nitrogens with one attached hydrogen (secondary N) is 2. The molecule has 6 heteroatoms. The molecule has 4 rings (SSSR count). The maximum atomic E-state index is 12.3. The summed E-state index contributed by atoms with van der Waals surface area (Å²) in [5.41, 5.74) is 4.94. The van der Waals surface area contributed by atoms with Crippen LogP contribution in [-0.2, 0) is 0 Å². The molecule has 0 aliphatic carbocycles. The minimum atomic E-state index is -0.599. The minimum Gasteiger partial charge on any atom is -0.497 e. The number of rotatable bonds is 9. The summed E-state index contributed by atoms with van der Waals surface area (Å²) in [5, 5.41) is 6.92. The molecule has 0 bridgehead atoms. The van der Waals surface area contributed by atoms with Crippen LogP contribution in [0.25, 0.3) is 0 Å². The van der Waals surface area contributed by atoms with Crippen molar-refractivity contribution in [3.05, 3.63) is 115 Å². The maximum Gasteiger partial charge on any atom is 0.272 e. The Labute approximate surface area is 224 Å². The van der Waals surface area contributed by atoms with E-state index in [4.69, 9.17) is 9.47 Å². The van der Waals surface area contributed by atoms with E-state index in [1.165, 1.54) is 16.7 Å². The van der Waals surface area contributed by atoms with E-state index in [9.17, 15) is 9.59 Å². The fraction of sp³-hybridized carbons (Fsp3) is 0.312. The lowest BCUT2D eigenvalue weighted by atomic mass is 9.95. The fourth-order valence-corrected chi connectivity index (χ4v) is 4.39. The minimum absolute atomic E-state index is 0.0679. The predicted molar refractivity (Wildman–Crippen MR) is 154 cm³/mol. The number of hydrogen-bond acceptors (Lipinski definition) is 6. The van der Waals surface area contributed by atoms with Crippen molar-refractivity contribution in [2.45, 2.75) is 59.2 Å². The van der Waals surface area contributed by atoms with Crippen molar-refractivity contribution in [1.29, 1.82) is 0 Å². The van der Waals surface area contributed by atoms with Crippen LogP contribution in [0.15, 0.2) is 76.3 Å². The number of methoxy groups -OCH3 is 1. The van der Waals surface area contributed by atoms with E-state index >= 15 is 0 Å². The molecular formula is C32H36N2O4. The lowest BCUT2D eigenvalue weighted by Gasteiger charge is -2.26. The van der Waals surface area contributed by atoms with Crippen LogP contribution in [0.2, 0.25) is 0 Å². The van der Waals surface area contributed by atoms with Crippen molar-refractivity contribution >= 4 is 11.4 Å². The van der Waals surface area contributed by atoms with Crippen LogP contribution < -0.4 is 31.0 Å². The molecule has 4 aromatic rings. The molecule has 0 saturated carbocycles. The number of anilines is 2. The van der Waals surface area contributed by atoms with E-state index in [1.54, 1.807) is 7.11 Å². The molecule has 0 saturated heterocycles. The van der Waals surface area contributed by atoms with Crippen LogP contribution in [0.4, 0.5) is 11.4 Å². The SMILES string of the molecule is COc1ccc(C(NC(C)c2ccc(C)c(C)c2)c2cccc(Nc3c(OC(C)(C)C)c(=O)c3=O)c2)cc1. The van der Waals surface area contributed by atoms with Gasteiger partial charge in [-0.2, -0.15) is 0 Å². The normalized spacial score (nSPS) is 13.2. The fourth-order valence-electron chi connectivity index (χ4n) is 4.39. The average molecular weight is 513 g/mol. The Morgan fingerprint density at radius 1 is 0.789 bits per heavy atom. The zero-order chi connectivity index (χ0) is 27.6. The zero-order valence-electron chi connectivity index (χ0n) is 23.1. The number of ether oxygens (including phenoxy) is 2. The van der Waals surface area contributed by atoms with Crippen molar-refractivity contribution in [3.63, 3.8) is 0 Å². The second-order valence-electron chi connectivity index (χ2n) is 10.8. The molecule has 0 aromatic heterocycles. The molecule has 4 aromatic carbocycles. The first-order valence-corrected chi connectivity index (χ1v) is 12.8. The van der Waals surface area contributed by atoms with Crippen LogP contribution in [-0.4, -0.2) is 12.7 Å². The summed E-state index contributed by atoms with van der Waals surface area (Å²) >= 11 is 0. The van der Waals surface area contributed by atoms with Gasteiger partial charge in [0, 0.05) is 11.7 Å². The molecule has 0 amide bonds. The summed E-state index contributed by atoms with van der Waals surface area (Å²) in [4.78, 5) is 24.5. The Balaban J connectivity index is 1.67. The highest BCUT2D eigenvalue weighted by Gasteiger charge is 2.27. The molecule has 0 fully saturated rings. The topological polar surface area (TPSA) is 76.7 Å². The second kappa shape index (κ2) is 10.8. The Hall–Kier alpha value is -3.90. The van der Waals surface area contributed by atoms with Gasteiger partial charge in [0.1, 0.15) is 17.0 Å². The maximum absolute atomic E-state index is 12.3. The Morgan fingerprint density at radius 2 is 1.47 bits per heavy atom. The number of aryl methyl sites for hydroxylation is 2. The highest BCUT2D eigenvalue weighted by atomic mass is 16.5. The second-order valence-corrected chi connectivity index (χ2v) is 10.8. The van der Waals surface area contributed by atoms with E-state index in [-0.39, 0.29) is 23.5 Å². The third-order valence-corrected chi connectivity index (χ3v) is 6.66. The molecule has 0 radical (unpaired) electrons. The summed E-state index contributed by atoms with van der Waals surface area (Å²) in [5.74, 6) is 0.873. The largest absolute Gasteiger partial charge is 0.497 e. The van der Waals surface area contributed by atoms with Crippen LogP contribution in [0.3, 0.4) is 0 Å². The van der Waals surface area contributed by atoms with Gasteiger partial charge in [-0.15, -0.1) is 0 Å². The number of hydrogen-bond donors (Lipinski definition) is 2. The van der Waals surface area contributed by atoms with Gasteiger partial charge in [0.15, 0.2) is 5.75 Å². The summed E-state index contributed by atoms with van der Waals surface area (Å²) in [6.45, 7) is 11.9. The van der Waals surface area contributed by atoms with E-state index in [2.05, 4.69) is 67.8 Å². The molecule has 198 valence electrons. The number of benzene rings is 3. The highest BCUT2D eigenvalue weighted by molar-refractivity contribution is 5.70. The average Bonchev–Trinajstić information content (AvgIpc) is 2.90. The molecule has 2 unspecified atom stereocenters. The molecule has 6 nitrogen and oxygen atoms in total. The third kappa shape index (κ3) is 5.97. The zero-order valence-corrected chi connectivity index (χ0v) is 23.1. The molecular weight excluding hydrogens is 476 g/mol. The van der Waals surface area contributed by atoms with Crippen molar-refractivity contribution in [1.82, 2.24) is 5.32 Å². The molecule has 0 spiro atoms. The van der Waals surface area contributed by atoms with E-state index < -0.39 is 16.5 Å². The molecule has 2 N–H and O–H groups in total. The first-order chi connectivity index (χ1) is 18.0. The predicted octanol–water partition coefficient (Wildman–Crippen LogP) is 6.27. The van der Waals surface area contributed by atoms with Crippen LogP contribution >= 0.6 is 0 Å². The quantitative estimate of drug-likeness (QED) is 0.258. The Kier molecular flexibility index (Phi) is 7.74. The van der Waals surface area contributed by atoms with Crippen molar-refractivity contribution < 1.29 is 9.47 Å². The first kappa shape index (κ1) is 27.1. The van der Waals surface area contributed by atoms with Gasteiger partial charge < -0.3 is 14.8 Å². The van der Waals surface area contributed by atoms with Crippen molar-refractivity contribution in [3.8, 4) is 11.5 Å². The van der Waals surface area contributed by atoms with Gasteiger partial charge in [-0.25, -0.2) is 0 Å². The molecule has 2 atom stereocenters. The summed E-state index contributed by atoms with van der Waals surface area (Å²) < 4.78 is 11.1. The van der Waals surface area contributed by atoms with Gasteiger partial charge in [-0.1, -0.05) is 42.5 Å². The lowest BCUT2D eigenvalue weighted by Crippen LogP contribution is -2.39. The molecule has 38 heavy (non-hydrogen) atoms. The third-order valence-electron chi connectivity index (χ3n) is 6.66. The monoisotopic (exact) mass is 512 g/mol. The van der Waals surface area contributed by atoms with Gasteiger partial charge in [-0.05, 0) is 93.6 Å². The van der Waals surface area contributed by atoms with E-state index in [0.29, 0.717) is 5.69 Å². The van der Waals surface area contributed by atoms with Crippen LogP contribution in [0.1, 0.15) is 67.6 Å². The van der Waals surface area contributed by atoms with Gasteiger partial charge in [0.2, 0.25) is 0 Å². The van der Waals surface area contributed by atoms with Crippen molar-refractivity contribution in [2.24, 2.45) is 0 Å². The van der Waals surface area contributed by atoms with Gasteiger partial charge in [0.05, 0.1) is 13.2 Å². The lowest BCUT2D eigenvalue weighted by molar-refractivity contribution is 0.128. The Bertz CT molecular complexity index is 1490. The standard InChI is InChI=1S/C32H36N2O4/c1-19-11-12-23(17-20(19)2)21(3)33-27(22-13-15-26(37-7)16-14-22)24-9-8-10-25(18-24)34-28-29(35)30(36)31(28)38-32(4,5)6/h8-18,21,27,33-34H,1-7H3. The van der Waals surface area contributed by atoms with Gasteiger partial charge in [-0.3, -0.25) is 14.9 Å². The van der Waals surface area contributed by atoms with Gasteiger partial charge in [0.25, 0.3) is 10.9 Å². The molecule has 0 heterocycles. The first-order valence-electron chi connectivity index (χ1n) is 12.8. The van der Waals surface area contributed by atoms with E-state index in [1.807, 2.05) is 51.1 Å². The Morgan fingerprint density at radius 3 is 2.11 bits per heavy atom. The summed E-state index contributed by atoms with van der Waals surface area (Å²) in [6.07, 6.45) is 0. The summed E-state index contributed by atoms with van der Waals surface area (Å²) in [7, 11) is 1.65. The smallest absolute Gasteiger partial charge is 0.272 e. The molecule has 0 aliphatic rings. The summed E-state index contributed by atoms with van der Waals surface area (Å²) in [6, 6.07) is 22.3. The molecule has 0 aliphatic heterocycles. The van der Waals surface area contributed by atoms with Crippen molar-refractivity contribution in [2.75, 3.05) is 12.4 Å².